The average Bonchev–Trinajstić information content (AvgIpc) is 2.84. The second-order valence-electron chi connectivity index (χ2n) is 10.7. The zero-order chi connectivity index (χ0) is 26.8. The van der Waals surface area contributed by atoms with Crippen molar-refractivity contribution in [3.05, 3.63) is 64.7 Å². The van der Waals surface area contributed by atoms with Crippen LogP contribution < -0.4 is 10.1 Å². The van der Waals surface area contributed by atoms with Crippen molar-refractivity contribution in [3.63, 3.8) is 0 Å². The largest absolute Gasteiger partial charge is 0.491 e. The number of nitrogens with one attached hydrogen (secondary N) is 1. The minimum atomic E-state index is -1.03. The normalized spacial score (nSPS) is 15.9. The van der Waals surface area contributed by atoms with Crippen LogP contribution in [0.2, 0.25) is 0 Å². The molecule has 0 saturated heterocycles. The highest BCUT2D eigenvalue weighted by Crippen LogP contribution is 2.25. The summed E-state index contributed by atoms with van der Waals surface area (Å²) in [7, 11) is 0. The van der Waals surface area contributed by atoms with Crippen molar-refractivity contribution in [2.24, 2.45) is 11.8 Å². The quantitative estimate of drug-likeness (QED) is 0.532. The first kappa shape index (κ1) is 28.7. The van der Waals surface area contributed by atoms with Crippen LogP contribution >= 0.6 is 0 Å². The van der Waals surface area contributed by atoms with Crippen LogP contribution in [-0.4, -0.2) is 60.8 Å². The van der Waals surface area contributed by atoms with Crippen LogP contribution in [-0.2, 0) is 22.5 Å². The first-order chi connectivity index (χ1) is 17.7. The summed E-state index contributed by atoms with van der Waals surface area (Å²) in [6.07, 6.45) is 2.11. The highest BCUT2D eigenvalue weighted by atomic mass is 16.5. The Bertz CT molecular complexity index is 1040. The molecule has 1 atom stereocenters. The van der Waals surface area contributed by atoms with E-state index in [9.17, 15) is 14.7 Å². The van der Waals surface area contributed by atoms with Crippen LogP contribution in [0.5, 0.6) is 5.75 Å². The molecule has 7 heteroatoms. The molecule has 0 aliphatic carbocycles. The Morgan fingerprint density at radius 2 is 1.78 bits per heavy atom. The summed E-state index contributed by atoms with van der Waals surface area (Å²) < 4.78 is 11.9. The molecule has 2 bridgehead atoms. The number of carbonyl (C=O) groups is 2. The van der Waals surface area contributed by atoms with Gasteiger partial charge in [0.25, 0.3) is 5.91 Å². The third kappa shape index (κ3) is 9.48. The van der Waals surface area contributed by atoms with Gasteiger partial charge in [-0.15, -0.1) is 0 Å². The number of hydrogen-bond donors (Lipinski definition) is 2. The molecule has 1 aliphatic heterocycles. The molecule has 1 amide bonds. The highest BCUT2D eigenvalue weighted by molar-refractivity contribution is 5.97. The van der Waals surface area contributed by atoms with Gasteiger partial charge in [0, 0.05) is 25.1 Å². The van der Waals surface area contributed by atoms with Gasteiger partial charge in [0.15, 0.2) is 0 Å². The zero-order valence-corrected chi connectivity index (χ0v) is 22.7. The molecule has 1 unspecified atom stereocenters. The first-order valence-electron chi connectivity index (χ1n) is 13.4. The molecule has 0 radical (unpaired) electrons. The van der Waals surface area contributed by atoms with Crippen LogP contribution in [0.4, 0.5) is 0 Å². The van der Waals surface area contributed by atoms with Crippen molar-refractivity contribution in [2.45, 2.75) is 59.5 Å². The molecule has 2 aromatic rings. The van der Waals surface area contributed by atoms with Crippen molar-refractivity contribution < 1.29 is 24.2 Å². The van der Waals surface area contributed by atoms with E-state index in [1.54, 1.807) is 12.1 Å². The second kappa shape index (κ2) is 14.1. The fourth-order valence-electron chi connectivity index (χ4n) is 4.47. The standard InChI is InChI=1S/C30H42N2O5/c1-21(2)10-11-32-12-13-36-14-15-37-28-9-8-25(29(33)31-27(30(34)35)16-22(3)4)19-26(28)18-23-6-5-7-24(17-23)20-32/h5-9,17,19,21-22,27H,10-16,18,20H2,1-4H3,(H,31,33)(H,34,35). The summed E-state index contributed by atoms with van der Waals surface area (Å²) in [6, 6.07) is 12.9. The third-order valence-corrected chi connectivity index (χ3v) is 6.49. The summed E-state index contributed by atoms with van der Waals surface area (Å²) in [6.45, 7) is 12.7. The summed E-state index contributed by atoms with van der Waals surface area (Å²) in [5.41, 5.74) is 3.69. The molecule has 0 spiro atoms. The number of aliphatic carboxylic acids is 1. The van der Waals surface area contributed by atoms with Gasteiger partial charge in [0.05, 0.1) is 13.2 Å². The molecular weight excluding hydrogens is 468 g/mol. The van der Waals surface area contributed by atoms with Gasteiger partial charge >= 0.3 is 5.97 Å². The van der Waals surface area contributed by atoms with Crippen molar-refractivity contribution in [1.82, 2.24) is 10.2 Å². The number of ether oxygens (including phenoxy) is 2. The van der Waals surface area contributed by atoms with Crippen LogP contribution in [0.15, 0.2) is 42.5 Å². The van der Waals surface area contributed by atoms with E-state index in [0.29, 0.717) is 49.9 Å². The maximum atomic E-state index is 13.0. The maximum Gasteiger partial charge on any atom is 0.326 e. The number of hydrogen-bond acceptors (Lipinski definition) is 5. The molecule has 1 aliphatic rings. The number of amides is 1. The Morgan fingerprint density at radius 1 is 1.00 bits per heavy atom. The minimum Gasteiger partial charge on any atom is -0.491 e. The van der Waals surface area contributed by atoms with Gasteiger partial charge in [-0.2, -0.15) is 0 Å². The van der Waals surface area contributed by atoms with Crippen LogP contribution in [0.25, 0.3) is 0 Å². The summed E-state index contributed by atoms with van der Waals surface area (Å²) in [4.78, 5) is 27.1. The van der Waals surface area contributed by atoms with Gasteiger partial charge in [0.1, 0.15) is 18.4 Å². The topological polar surface area (TPSA) is 88.1 Å². The summed E-state index contributed by atoms with van der Waals surface area (Å²) >= 11 is 0. The predicted octanol–water partition coefficient (Wildman–Crippen LogP) is 4.76. The lowest BCUT2D eigenvalue weighted by molar-refractivity contribution is -0.139. The average molecular weight is 511 g/mol. The van der Waals surface area contributed by atoms with Crippen LogP contribution in [0.1, 0.15) is 67.6 Å². The molecule has 37 heavy (non-hydrogen) atoms. The molecule has 0 aromatic heterocycles. The summed E-state index contributed by atoms with van der Waals surface area (Å²) in [5.74, 6) is 0.0809. The Morgan fingerprint density at radius 3 is 2.51 bits per heavy atom. The van der Waals surface area contributed by atoms with Crippen molar-refractivity contribution >= 4 is 11.9 Å². The van der Waals surface area contributed by atoms with Gasteiger partial charge in [-0.1, -0.05) is 52.0 Å². The Labute approximate surface area is 221 Å². The van der Waals surface area contributed by atoms with Gasteiger partial charge in [-0.05, 0) is 66.1 Å². The molecule has 2 N–H and O–H groups in total. The van der Waals surface area contributed by atoms with Crippen molar-refractivity contribution in [2.75, 3.05) is 32.9 Å². The molecule has 3 rings (SSSR count). The Hall–Kier alpha value is -2.90. The van der Waals surface area contributed by atoms with Gasteiger partial charge < -0.3 is 19.9 Å². The third-order valence-electron chi connectivity index (χ3n) is 6.49. The SMILES string of the molecule is CC(C)CCN1CCOCCOc2ccc(C(=O)NC(CC(C)C)C(=O)O)cc2Cc2cccc(c2)C1. The molecule has 0 fully saturated rings. The molecule has 1 heterocycles. The van der Waals surface area contributed by atoms with E-state index in [1.165, 1.54) is 5.56 Å². The van der Waals surface area contributed by atoms with Crippen LogP contribution in [0.3, 0.4) is 0 Å². The lowest BCUT2D eigenvalue weighted by atomic mass is 9.99. The number of nitrogens with zero attached hydrogens (tertiary/aromatic N) is 1. The minimum absolute atomic E-state index is 0.148. The van der Waals surface area contributed by atoms with Crippen LogP contribution in [0, 0.1) is 11.8 Å². The molecule has 7 nitrogen and oxygen atoms in total. The van der Waals surface area contributed by atoms with E-state index in [1.807, 2.05) is 19.9 Å². The van der Waals surface area contributed by atoms with E-state index >= 15 is 0 Å². The number of carboxylic acids is 1. The number of carbonyl (C=O) groups excluding carboxylic acids is 1. The maximum absolute atomic E-state index is 13.0. The highest BCUT2D eigenvalue weighted by Gasteiger charge is 2.22. The van der Waals surface area contributed by atoms with Crippen molar-refractivity contribution in [3.8, 4) is 5.75 Å². The Balaban J connectivity index is 1.84. The van der Waals surface area contributed by atoms with E-state index < -0.39 is 17.9 Å². The van der Waals surface area contributed by atoms with E-state index in [-0.39, 0.29) is 5.92 Å². The predicted molar refractivity (Wildman–Crippen MR) is 145 cm³/mol. The summed E-state index contributed by atoms with van der Waals surface area (Å²) in [5, 5.41) is 12.2. The van der Waals surface area contributed by atoms with E-state index in [2.05, 4.69) is 48.3 Å². The fraction of sp³-hybridized carbons (Fsp3) is 0.533. The lowest BCUT2D eigenvalue weighted by Crippen LogP contribution is -2.41. The number of fused-ring (bicyclic) bond motifs is 3. The van der Waals surface area contributed by atoms with Crippen molar-refractivity contribution in [1.29, 1.82) is 0 Å². The zero-order valence-electron chi connectivity index (χ0n) is 22.7. The van der Waals surface area contributed by atoms with Gasteiger partial charge in [-0.3, -0.25) is 9.69 Å². The Kier molecular flexibility index (Phi) is 11.0. The van der Waals surface area contributed by atoms with E-state index in [4.69, 9.17) is 9.47 Å². The lowest BCUT2D eigenvalue weighted by Gasteiger charge is -2.24. The van der Waals surface area contributed by atoms with E-state index in [0.717, 1.165) is 37.2 Å². The van der Waals surface area contributed by atoms with Gasteiger partial charge in [0.2, 0.25) is 0 Å². The molecule has 0 saturated carbocycles. The number of carboxylic acid groups (broad SMARTS) is 1. The fourth-order valence-corrected chi connectivity index (χ4v) is 4.47. The second-order valence-corrected chi connectivity index (χ2v) is 10.7. The van der Waals surface area contributed by atoms with Gasteiger partial charge in [-0.25, -0.2) is 4.79 Å². The molecule has 2 aromatic carbocycles. The smallest absolute Gasteiger partial charge is 0.326 e. The monoisotopic (exact) mass is 510 g/mol. The molecule has 202 valence electrons. The number of benzene rings is 2. The number of rotatable bonds is 8. The molecular formula is C30H42N2O5. The first-order valence-corrected chi connectivity index (χ1v) is 13.4.